The van der Waals surface area contributed by atoms with Gasteiger partial charge < -0.3 is 16.4 Å². The zero-order valence-electron chi connectivity index (χ0n) is 12.3. The number of hydrogen-bond donors (Lipinski definition) is 3. The van der Waals surface area contributed by atoms with Crippen molar-refractivity contribution >= 4 is 23.2 Å². The smallest absolute Gasteiger partial charge is 0.224 e. The van der Waals surface area contributed by atoms with Gasteiger partial charge in [0.1, 0.15) is 0 Å². The molecule has 0 aromatic heterocycles. The van der Waals surface area contributed by atoms with E-state index in [9.17, 15) is 9.59 Å². The van der Waals surface area contributed by atoms with E-state index >= 15 is 0 Å². The first-order chi connectivity index (χ1) is 9.42. The van der Waals surface area contributed by atoms with Crippen molar-refractivity contribution in [2.24, 2.45) is 5.73 Å². The van der Waals surface area contributed by atoms with Gasteiger partial charge in [-0.2, -0.15) is 0 Å². The number of rotatable bonds is 6. The second-order valence-electron chi connectivity index (χ2n) is 5.00. The predicted octanol–water partition coefficient (Wildman–Crippen LogP) is 2.41. The molecule has 0 spiro atoms. The average molecular weight is 277 g/mol. The van der Waals surface area contributed by atoms with E-state index in [1.165, 1.54) is 0 Å². The number of benzene rings is 1. The molecule has 1 unspecified atom stereocenters. The highest BCUT2D eigenvalue weighted by Crippen LogP contribution is 2.20. The first kappa shape index (κ1) is 16.2. The molecular formula is C15H23N3O2. The van der Waals surface area contributed by atoms with Gasteiger partial charge in [-0.3, -0.25) is 9.59 Å². The molecule has 1 atom stereocenters. The molecule has 4 N–H and O–H groups in total. The summed E-state index contributed by atoms with van der Waals surface area (Å²) in [7, 11) is 0. The molecule has 0 aliphatic carbocycles. The molecule has 110 valence electrons. The van der Waals surface area contributed by atoms with E-state index in [4.69, 9.17) is 5.73 Å². The number of aryl methyl sites for hydroxylation is 1. The molecular weight excluding hydrogens is 254 g/mol. The minimum atomic E-state index is -0.0654. The number of hydrogen-bond acceptors (Lipinski definition) is 3. The lowest BCUT2D eigenvalue weighted by atomic mass is 10.1. The topological polar surface area (TPSA) is 84.2 Å². The quantitative estimate of drug-likeness (QED) is 0.746. The summed E-state index contributed by atoms with van der Waals surface area (Å²) in [6.07, 6.45) is 1.46. The third-order valence-electron chi connectivity index (χ3n) is 2.94. The molecule has 0 heterocycles. The zero-order valence-corrected chi connectivity index (χ0v) is 12.3. The maximum absolute atomic E-state index is 11.8. The minimum Gasteiger partial charge on any atom is -0.328 e. The number of carbonyl (C=O) groups excluding carboxylic acids is 2. The van der Waals surface area contributed by atoms with E-state index < -0.39 is 0 Å². The van der Waals surface area contributed by atoms with Gasteiger partial charge in [-0.25, -0.2) is 0 Å². The molecule has 0 aliphatic rings. The Labute approximate surface area is 119 Å². The van der Waals surface area contributed by atoms with E-state index in [0.29, 0.717) is 30.6 Å². The molecule has 0 saturated heterocycles. The molecule has 1 rings (SSSR count). The third kappa shape index (κ3) is 5.40. The molecule has 0 bridgehead atoms. The molecule has 0 aliphatic heterocycles. The van der Waals surface area contributed by atoms with Gasteiger partial charge in [-0.1, -0.05) is 13.0 Å². The van der Waals surface area contributed by atoms with Crippen LogP contribution in [0, 0.1) is 6.92 Å². The van der Waals surface area contributed by atoms with E-state index in [1.54, 1.807) is 13.0 Å². The Kier molecular flexibility index (Phi) is 6.18. The normalized spacial score (nSPS) is 11.8. The number of nitrogens with two attached hydrogens (primary N) is 1. The highest BCUT2D eigenvalue weighted by molar-refractivity contribution is 5.94. The SMILES string of the molecule is CCC(=O)Nc1ccc(C)c(NC(=O)CCC(C)N)c1. The van der Waals surface area contributed by atoms with Crippen molar-refractivity contribution in [1.29, 1.82) is 0 Å². The minimum absolute atomic E-state index is 0.0111. The Balaban J connectivity index is 2.71. The summed E-state index contributed by atoms with van der Waals surface area (Å²) >= 11 is 0. The van der Waals surface area contributed by atoms with Gasteiger partial charge in [0.25, 0.3) is 0 Å². The Bertz CT molecular complexity index is 484. The summed E-state index contributed by atoms with van der Waals surface area (Å²) in [4.78, 5) is 23.2. The van der Waals surface area contributed by atoms with Crippen molar-refractivity contribution in [3.63, 3.8) is 0 Å². The maximum atomic E-state index is 11.8. The van der Waals surface area contributed by atoms with Crippen molar-refractivity contribution in [1.82, 2.24) is 0 Å². The standard InChI is InChI=1S/C15H23N3O2/c1-4-14(19)17-12-7-5-10(2)13(9-12)18-15(20)8-6-11(3)16/h5,7,9,11H,4,6,8,16H2,1-3H3,(H,17,19)(H,18,20). The first-order valence-corrected chi connectivity index (χ1v) is 6.88. The molecule has 0 radical (unpaired) electrons. The molecule has 5 nitrogen and oxygen atoms in total. The summed E-state index contributed by atoms with van der Waals surface area (Å²) in [5.74, 6) is -0.118. The molecule has 1 aromatic carbocycles. The zero-order chi connectivity index (χ0) is 15.1. The summed E-state index contributed by atoms with van der Waals surface area (Å²) in [5, 5.41) is 5.62. The lowest BCUT2D eigenvalue weighted by molar-refractivity contribution is -0.116. The number of anilines is 2. The fourth-order valence-corrected chi connectivity index (χ4v) is 1.66. The van der Waals surface area contributed by atoms with E-state index in [2.05, 4.69) is 10.6 Å². The van der Waals surface area contributed by atoms with Crippen LogP contribution in [0.2, 0.25) is 0 Å². The van der Waals surface area contributed by atoms with E-state index in [1.807, 2.05) is 26.0 Å². The van der Waals surface area contributed by atoms with Crippen molar-refractivity contribution < 1.29 is 9.59 Å². The average Bonchev–Trinajstić information content (AvgIpc) is 2.40. The highest BCUT2D eigenvalue weighted by Gasteiger charge is 2.08. The van der Waals surface area contributed by atoms with Crippen LogP contribution in [-0.2, 0) is 9.59 Å². The first-order valence-electron chi connectivity index (χ1n) is 6.88. The van der Waals surface area contributed by atoms with Crippen LogP contribution < -0.4 is 16.4 Å². The largest absolute Gasteiger partial charge is 0.328 e. The van der Waals surface area contributed by atoms with Crippen molar-refractivity contribution in [3.8, 4) is 0 Å². The van der Waals surface area contributed by atoms with Crippen LogP contribution >= 0.6 is 0 Å². The van der Waals surface area contributed by atoms with Crippen LogP contribution in [0.25, 0.3) is 0 Å². The van der Waals surface area contributed by atoms with Gasteiger partial charge in [0.15, 0.2) is 0 Å². The van der Waals surface area contributed by atoms with Crippen LogP contribution in [0.1, 0.15) is 38.7 Å². The second-order valence-corrected chi connectivity index (χ2v) is 5.00. The van der Waals surface area contributed by atoms with Gasteiger partial charge in [0.05, 0.1) is 0 Å². The van der Waals surface area contributed by atoms with Crippen molar-refractivity contribution in [3.05, 3.63) is 23.8 Å². The van der Waals surface area contributed by atoms with Crippen LogP contribution in [0.5, 0.6) is 0 Å². The van der Waals surface area contributed by atoms with Crippen LogP contribution in [-0.4, -0.2) is 17.9 Å². The Hall–Kier alpha value is -1.88. The van der Waals surface area contributed by atoms with Gasteiger partial charge in [0.2, 0.25) is 11.8 Å². The Morgan fingerprint density at radius 2 is 1.95 bits per heavy atom. The lowest BCUT2D eigenvalue weighted by Crippen LogP contribution is -2.20. The van der Waals surface area contributed by atoms with E-state index in [0.717, 1.165) is 5.56 Å². The number of nitrogens with one attached hydrogen (secondary N) is 2. The van der Waals surface area contributed by atoms with Crippen molar-refractivity contribution in [2.75, 3.05) is 10.6 Å². The maximum Gasteiger partial charge on any atom is 0.224 e. The van der Waals surface area contributed by atoms with E-state index in [-0.39, 0.29) is 17.9 Å². The fourth-order valence-electron chi connectivity index (χ4n) is 1.66. The molecule has 1 aromatic rings. The molecule has 20 heavy (non-hydrogen) atoms. The molecule has 0 fully saturated rings. The number of amides is 2. The highest BCUT2D eigenvalue weighted by atomic mass is 16.2. The Morgan fingerprint density at radius 1 is 1.25 bits per heavy atom. The summed E-state index contributed by atoms with van der Waals surface area (Å²) < 4.78 is 0. The van der Waals surface area contributed by atoms with Crippen LogP contribution in [0.3, 0.4) is 0 Å². The van der Waals surface area contributed by atoms with Gasteiger partial charge in [-0.15, -0.1) is 0 Å². The molecule has 2 amide bonds. The summed E-state index contributed by atoms with van der Waals surface area (Å²) in [6, 6.07) is 5.47. The van der Waals surface area contributed by atoms with Crippen LogP contribution in [0.4, 0.5) is 11.4 Å². The third-order valence-corrected chi connectivity index (χ3v) is 2.94. The molecule has 5 heteroatoms. The predicted molar refractivity (Wildman–Crippen MR) is 81.6 cm³/mol. The summed E-state index contributed by atoms with van der Waals surface area (Å²) in [6.45, 7) is 5.58. The lowest BCUT2D eigenvalue weighted by Gasteiger charge is -2.12. The van der Waals surface area contributed by atoms with Gasteiger partial charge in [0, 0.05) is 30.3 Å². The van der Waals surface area contributed by atoms with Gasteiger partial charge in [-0.05, 0) is 38.0 Å². The summed E-state index contributed by atoms with van der Waals surface area (Å²) in [5.41, 5.74) is 7.98. The second kappa shape index (κ2) is 7.65. The molecule has 0 saturated carbocycles. The van der Waals surface area contributed by atoms with Crippen molar-refractivity contribution in [2.45, 2.75) is 46.1 Å². The monoisotopic (exact) mass is 277 g/mol. The van der Waals surface area contributed by atoms with Gasteiger partial charge >= 0.3 is 0 Å². The fraction of sp³-hybridized carbons (Fsp3) is 0.467. The Morgan fingerprint density at radius 3 is 2.55 bits per heavy atom. The number of carbonyl (C=O) groups is 2. The van der Waals surface area contributed by atoms with Crippen LogP contribution in [0.15, 0.2) is 18.2 Å².